The van der Waals surface area contributed by atoms with Gasteiger partial charge in [0, 0.05) is 18.5 Å². The van der Waals surface area contributed by atoms with E-state index in [1.807, 2.05) is 6.92 Å². The summed E-state index contributed by atoms with van der Waals surface area (Å²) in [5, 5.41) is 6.61. The first-order chi connectivity index (χ1) is 7.81. The van der Waals surface area contributed by atoms with Crippen LogP contribution in [0, 0.1) is 6.92 Å². The van der Waals surface area contributed by atoms with E-state index in [1.54, 1.807) is 11.3 Å². The summed E-state index contributed by atoms with van der Waals surface area (Å²) in [7, 11) is 0. The molecule has 1 aromatic heterocycles. The molecular weight excluding hydrogens is 222 g/mol. The minimum absolute atomic E-state index is 0.416. The van der Waals surface area contributed by atoms with E-state index in [9.17, 15) is 0 Å². The lowest BCUT2D eigenvalue weighted by atomic mass is 10.2. The molecular formula is C11H19N3OS. The van der Waals surface area contributed by atoms with Gasteiger partial charge in [0.2, 0.25) is 0 Å². The molecule has 0 bridgehead atoms. The molecule has 16 heavy (non-hydrogen) atoms. The zero-order valence-corrected chi connectivity index (χ0v) is 10.7. The van der Waals surface area contributed by atoms with E-state index < -0.39 is 0 Å². The molecule has 1 fully saturated rings. The van der Waals surface area contributed by atoms with Gasteiger partial charge in [0.25, 0.3) is 0 Å². The van der Waals surface area contributed by atoms with Crippen LogP contribution in [0.3, 0.4) is 0 Å². The van der Waals surface area contributed by atoms with Gasteiger partial charge in [-0.3, -0.25) is 0 Å². The molecule has 4 nitrogen and oxygen atoms in total. The Morgan fingerprint density at radius 3 is 3.25 bits per heavy atom. The van der Waals surface area contributed by atoms with Gasteiger partial charge in [-0.2, -0.15) is 0 Å². The van der Waals surface area contributed by atoms with Gasteiger partial charge in [-0.05, 0) is 13.5 Å². The van der Waals surface area contributed by atoms with Crippen molar-refractivity contribution in [2.24, 2.45) is 0 Å². The Bertz CT molecular complexity index is 329. The van der Waals surface area contributed by atoms with Gasteiger partial charge >= 0.3 is 0 Å². The molecule has 2 rings (SSSR count). The number of aromatic nitrogens is 1. The molecule has 0 spiro atoms. The molecule has 1 aliphatic heterocycles. The summed E-state index contributed by atoms with van der Waals surface area (Å²) in [6, 6.07) is 0.416. The second-order valence-electron chi connectivity index (χ2n) is 4.00. The fourth-order valence-corrected chi connectivity index (χ4v) is 2.76. The summed E-state index contributed by atoms with van der Waals surface area (Å²) < 4.78 is 5.53. The van der Waals surface area contributed by atoms with Crippen LogP contribution in [-0.2, 0) is 4.74 Å². The van der Waals surface area contributed by atoms with Crippen molar-refractivity contribution < 1.29 is 4.74 Å². The van der Waals surface area contributed by atoms with Gasteiger partial charge in [0.05, 0.1) is 24.9 Å². The van der Waals surface area contributed by atoms with Crippen LogP contribution in [0.5, 0.6) is 0 Å². The highest BCUT2D eigenvalue weighted by atomic mass is 32.1. The fourth-order valence-electron chi connectivity index (χ4n) is 1.86. The molecule has 1 aromatic rings. The average molecular weight is 241 g/mol. The summed E-state index contributed by atoms with van der Waals surface area (Å²) in [4.78, 5) is 6.92. The van der Waals surface area contributed by atoms with Crippen molar-refractivity contribution in [3.8, 4) is 0 Å². The third-order valence-corrected chi connectivity index (χ3v) is 3.71. The Labute approximate surface area is 101 Å². The summed E-state index contributed by atoms with van der Waals surface area (Å²) in [6.45, 7) is 8.69. The largest absolute Gasteiger partial charge is 0.377 e. The smallest absolute Gasteiger partial charge is 0.185 e. The van der Waals surface area contributed by atoms with E-state index in [0.29, 0.717) is 6.04 Å². The third-order valence-electron chi connectivity index (χ3n) is 2.71. The van der Waals surface area contributed by atoms with Crippen LogP contribution < -0.4 is 10.2 Å². The number of thiazole rings is 1. The van der Waals surface area contributed by atoms with Crippen molar-refractivity contribution in [1.29, 1.82) is 0 Å². The van der Waals surface area contributed by atoms with Gasteiger partial charge in [-0.15, -0.1) is 11.3 Å². The highest BCUT2D eigenvalue weighted by molar-refractivity contribution is 7.13. The minimum atomic E-state index is 0.416. The lowest BCUT2D eigenvalue weighted by Gasteiger charge is -2.35. The highest BCUT2D eigenvalue weighted by Gasteiger charge is 2.24. The SMILES string of the molecule is CCNCC1COCCN1c1nc(C)cs1. The van der Waals surface area contributed by atoms with E-state index >= 15 is 0 Å². The molecule has 2 heterocycles. The predicted molar refractivity (Wildman–Crippen MR) is 67.3 cm³/mol. The lowest BCUT2D eigenvalue weighted by Crippen LogP contribution is -2.50. The maximum absolute atomic E-state index is 5.53. The topological polar surface area (TPSA) is 37.4 Å². The monoisotopic (exact) mass is 241 g/mol. The maximum Gasteiger partial charge on any atom is 0.185 e. The van der Waals surface area contributed by atoms with Crippen molar-refractivity contribution in [3.63, 3.8) is 0 Å². The van der Waals surface area contributed by atoms with Crippen LogP contribution in [-0.4, -0.2) is 43.9 Å². The van der Waals surface area contributed by atoms with Gasteiger partial charge in [-0.25, -0.2) is 4.98 Å². The van der Waals surface area contributed by atoms with Crippen molar-refractivity contribution >= 4 is 16.5 Å². The van der Waals surface area contributed by atoms with Crippen LogP contribution in [0.15, 0.2) is 5.38 Å². The van der Waals surface area contributed by atoms with E-state index in [4.69, 9.17) is 4.74 Å². The van der Waals surface area contributed by atoms with Gasteiger partial charge in [0.15, 0.2) is 5.13 Å². The summed E-state index contributed by atoms with van der Waals surface area (Å²) >= 11 is 1.72. The highest BCUT2D eigenvalue weighted by Crippen LogP contribution is 2.23. The summed E-state index contributed by atoms with van der Waals surface area (Å²) in [5.74, 6) is 0. The van der Waals surface area contributed by atoms with Crippen LogP contribution in [0.1, 0.15) is 12.6 Å². The molecule has 90 valence electrons. The van der Waals surface area contributed by atoms with E-state index in [0.717, 1.165) is 43.7 Å². The zero-order valence-electron chi connectivity index (χ0n) is 9.90. The molecule has 0 aromatic carbocycles. The number of nitrogens with one attached hydrogen (secondary N) is 1. The number of nitrogens with zero attached hydrogens (tertiary/aromatic N) is 2. The quantitative estimate of drug-likeness (QED) is 0.861. The molecule has 1 aliphatic rings. The molecule has 0 amide bonds. The van der Waals surface area contributed by atoms with Crippen molar-refractivity contribution in [3.05, 3.63) is 11.1 Å². The summed E-state index contributed by atoms with van der Waals surface area (Å²) in [5.41, 5.74) is 1.11. The Morgan fingerprint density at radius 2 is 2.56 bits per heavy atom. The molecule has 0 radical (unpaired) electrons. The number of aryl methyl sites for hydroxylation is 1. The lowest BCUT2D eigenvalue weighted by molar-refractivity contribution is 0.0939. The Kier molecular flexibility index (Phi) is 4.15. The number of hydrogen-bond donors (Lipinski definition) is 1. The molecule has 0 aliphatic carbocycles. The van der Waals surface area contributed by atoms with Crippen molar-refractivity contribution in [2.75, 3.05) is 37.7 Å². The number of anilines is 1. The number of ether oxygens (including phenoxy) is 1. The maximum atomic E-state index is 5.53. The Morgan fingerprint density at radius 1 is 1.69 bits per heavy atom. The van der Waals surface area contributed by atoms with Gasteiger partial charge in [-0.1, -0.05) is 6.92 Å². The first-order valence-electron chi connectivity index (χ1n) is 5.78. The Hall–Kier alpha value is -0.650. The number of hydrogen-bond acceptors (Lipinski definition) is 5. The molecule has 1 atom stereocenters. The second kappa shape index (κ2) is 5.61. The molecule has 0 saturated carbocycles. The van der Waals surface area contributed by atoms with Crippen molar-refractivity contribution in [1.82, 2.24) is 10.3 Å². The van der Waals surface area contributed by atoms with E-state index in [2.05, 4.69) is 27.5 Å². The van der Waals surface area contributed by atoms with Crippen LogP contribution in [0.2, 0.25) is 0 Å². The van der Waals surface area contributed by atoms with E-state index in [-0.39, 0.29) is 0 Å². The van der Waals surface area contributed by atoms with Crippen LogP contribution in [0.4, 0.5) is 5.13 Å². The molecule has 1 saturated heterocycles. The van der Waals surface area contributed by atoms with E-state index in [1.165, 1.54) is 0 Å². The predicted octanol–water partition coefficient (Wildman–Crippen LogP) is 1.27. The number of morpholine rings is 1. The van der Waals surface area contributed by atoms with Crippen LogP contribution >= 0.6 is 11.3 Å². The number of likely N-dealkylation sites (N-methyl/N-ethyl adjacent to an activating group) is 1. The summed E-state index contributed by atoms with van der Waals surface area (Å²) in [6.07, 6.45) is 0. The Balaban J connectivity index is 2.04. The van der Waals surface area contributed by atoms with Gasteiger partial charge < -0.3 is 15.0 Å². The fraction of sp³-hybridized carbons (Fsp3) is 0.727. The van der Waals surface area contributed by atoms with Crippen LogP contribution in [0.25, 0.3) is 0 Å². The second-order valence-corrected chi connectivity index (χ2v) is 4.84. The molecule has 5 heteroatoms. The first kappa shape index (κ1) is 11.8. The van der Waals surface area contributed by atoms with Crippen molar-refractivity contribution in [2.45, 2.75) is 19.9 Å². The zero-order chi connectivity index (χ0) is 11.4. The third kappa shape index (κ3) is 2.72. The minimum Gasteiger partial charge on any atom is -0.377 e. The normalized spacial score (nSPS) is 21.4. The van der Waals surface area contributed by atoms with Gasteiger partial charge in [0.1, 0.15) is 0 Å². The average Bonchev–Trinajstić information content (AvgIpc) is 2.73. The molecule has 1 N–H and O–H groups in total. The standard InChI is InChI=1S/C11H19N3OS/c1-3-12-6-10-7-15-5-4-14(10)11-13-9(2)8-16-11/h8,10,12H,3-7H2,1-2H3. The molecule has 1 unspecified atom stereocenters. The number of rotatable bonds is 4. The first-order valence-corrected chi connectivity index (χ1v) is 6.66.